The van der Waals surface area contributed by atoms with Crippen LogP contribution < -0.4 is 20.3 Å². The Morgan fingerprint density at radius 3 is 2.70 bits per heavy atom. The molecule has 10 heteroatoms. The first-order chi connectivity index (χ1) is 12.8. The van der Waals surface area contributed by atoms with Crippen molar-refractivity contribution >= 4 is 41.0 Å². The fourth-order valence-corrected chi connectivity index (χ4v) is 2.71. The Morgan fingerprint density at radius 2 is 2.04 bits per heavy atom. The van der Waals surface area contributed by atoms with Gasteiger partial charge in [0, 0.05) is 25.0 Å². The Morgan fingerprint density at radius 1 is 1.30 bits per heavy atom. The molecule has 1 aliphatic rings. The summed E-state index contributed by atoms with van der Waals surface area (Å²) in [5, 5.41) is 5.08. The van der Waals surface area contributed by atoms with Crippen molar-refractivity contribution in [2.45, 2.75) is 6.42 Å². The van der Waals surface area contributed by atoms with E-state index in [1.165, 1.54) is 19.1 Å². The molecular weight excluding hydrogens is 378 g/mol. The summed E-state index contributed by atoms with van der Waals surface area (Å²) in [6, 6.07) is 4.85. The van der Waals surface area contributed by atoms with Crippen LogP contribution in [0.1, 0.15) is 6.42 Å². The van der Waals surface area contributed by atoms with Crippen molar-refractivity contribution in [2.24, 2.45) is 5.92 Å². The summed E-state index contributed by atoms with van der Waals surface area (Å²) >= 11 is 5.99. The highest BCUT2D eigenvalue weighted by atomic mass is 35.5. The smallest absolute Gasteiger partial charge is 0.311 e. The third kappa shape index (κ3) is 5.33. The van der Waals surface area contributed by atoms with Gasteiger partial charge >= 0.3 is 5.97 Å². The lowest BCUT2D eigenvalue weighted by atomic mass is 10.1. The second kappa shape index (κ2) is 9.22. The van der Waals surface area contributed by atoms with Crippen molar-refractivity contribution in [1.82, 2.24) is 10.6 Å². The van der Waals surface area contributed by atoms with Crippen LogP contribution >= 0.6 is 11.6 Å². The van der Waals surface area contributed by atoms with E-state index in [2.05, 4.69) is 10.6 Å². The van der Waals surface area contributed by atoms with Crippen molar-refractivity contribution in [3.05, 3.63) is 23.2 Å². The molecule has 146 valence electrons. The molecule has 0 aliphatic carbocycles. The summed E-state index contributed by atoms with van der Waals surface area (Å²) in [6.45, 7) is -0.646. The van der Waals surface area contributed by atoms with Gasteiger partial charge in [-0.1, -0.05) is 11.6 Å². The minimum absolute atomic E-state index is 0.0473. The molecule has 1 atom stereocenters. The summed E-state index contributed by atoms with van der Waals surface area (Å²) in [6.07, 6.45) is -0.0473. The molecule has 3 amide bonds. The molecule has 9 nitrogen and oxygen atoms in total. The standard InChI is InChI=1S/C17H20ClN3O6/c1-19-14(22)7-20-15(23)9-27-17(25)10-5-16(24)21(8-10)12-6-11(18)3-4-13(12)26-2/h3-4,6,10H,5,7-9H2,1-2H3,(H,19,22)(H,20,23)/t10-/m1/s1. The van der Waals surface area contributed by atoms with Gasteiger partial charge in [0.05, 0.1) is 25.3 Å². The first kappa shape index (κ1) is 20.5. The van der Waals surface area contributed by atoms with Crippen LogP contribution in [0.3, 0.4) is 0 Å². The van der Waals surface area contributed by atoms with Crippen LogP contribution in [0.4, 0.5) is 5.69 Å². The highest BCUT2D eigenvalue weighted by Gasteiger charge is 2.37. The highest BCUT2D eigenvalue weighted by Crippen LogP contribution is 2.35. The van der Waals surface area contributed by atoms with Crippen molar-refractivity contribution in [3.8, 4) is 5.75 Å². The number of hydrogen-bond donors (Lipinski definition) is 2. The largest absolute Gasteiger partial charge is 0.495 e. The molecule has 0 radical (unpaired) electrons. The molecule has 2 N–H and O–H groups in total. The number of amides is 3. The van der Waals surface area contributed by atoms with Gasteiger partial charge in [0.25, 0.3) is 5.91 Å². The molecule has 0 saturated carbocycles. The lowest BCUT2D eigenvalue weighted by molar-refractivity contribution is -0.152. The minimum Gasteiger partial charge on any atom is -0.495 e. The predicted octanol–water partition coefficient (Wildman–Crippen LogP) is 0.107. The van der Waals surface area contributed by atoms with Crippen LogP contribution in [-0.4, -0.2) is 57.5 Å². The van der Waals surface area contributed by atoms with Crippen LogP contribution in [0.5, 0.6) is 5.75 Å². The summed E-state index contributed by atoms with van der Waals surface area (Å²) < 4.78 is 10.2. The second-order valence-electron chi connectivity index (χ2n) is 5.78. The topological polar surface area (TPSA) is 114 Å². The van der Waals surface area contributed by atoms with Crippen molar-refractivity contribution in [2.75, 3.05) is 38.8 Å². The average molecular weight is 398 g/mol. The number of anilines is 1. The first-order valence-electron chi connectivity index (χ1n) is 8.13. The maximum absolute atomic E-state index is 12.3. The molecule has 1 aromatic rings. The number of halogens is 1. The number of ether oxygens (including phenoxy) is 2. The molecule has 1 aliphatic heterocycles. The monoisotopic (exact) mass is 397 g/mol. The average Bonchev–Trinajstić information content (AvgIpc) is 3.05. The molecule has 1 saturated heterocycles. The number of carbonyl (C=O) groups is 4. The fourth-order valence-electron chi connectivity index (χ4n) is 2.55. The SMILES string of the molecule is CNC(=O)CNC(=O)COC(=O)[C@@H]1CC(=O)N(c2cc(Cl)ccc2OC)C1. The highest BCUT2D eigenvalue weighted by molar-refractivity contribution is 6.31. The zero-order valence-electron chi connectivity index (χ0n) is 14.9. The van der Waals surface area contributed by atoms with Gasteiger partial charge in [-0.2, -0.15) is 0 Å². The normalized spacial score (nSPS) is 16.0. The van der Waals surface area contributed by atoms with Crippen LogP contribution in [0.25, 0.3) is 0 Å². The molecule has 1 heterocycles. The van der Waals surface area contributed by atoms with Crippen LogP contribution in [0.15, 0.2) is 18.2 Å². The number of methoxy groups -OCH3 is 1. The van der Waals surface area contributed by atoms with E-state index >= 15 is 0 Å². The van der Waals surface area contributed by atoms with E-state index in [1.807, 2.05) is 0 Å². The van der Waals surface area contributed by atoms with E-state index in [1.54, 1.807) is 18.2 Å². The molecule has 1 aromatic carbocycles. The summed E-state index contributed by atoms with van der Waals surface area (Å²) in [5.41, 5.74) is 0.466. The van der Waals surface area contributed by atoms with Gasteiger partial charge in [-0.25, -0.2) is 0 Å². The third-order valence-corrected chi connectivity index (χ3v) is 4.20. The number of rotatable bonds is 7. The van der Waals surface area contributed by atoms with Crippen molar-refractivity contribution < 1.29 is 28.7 Å². The van der Waals surface area contributed by atoms with Crippen molar-refractivity contribution in [1.29, 1.82) is 0 Å². The zero-order valence-corrected chi connectivity index (χ0v) is 15.7. The predicted molar refractivity (Wildman–Crippen MR) is 96.5 cm³/mol. The van der Waals surface area contributed by atoms with Crippen LogP contribution in [0, 0.1) is 5.92 Å². The van der Waals surface area contributed by atoms with E-state index < -0.39 is 24.4 Å². The van der Waals surface area contributed by atoms with Gasteiger partial charge in [-0.15, -0.1) is 0 Å². The van der Waals surface area contributed by atoms with Gasteiger partial charge in [0.1, 0.15) is 5.75 Å². The maximum atomic E-state index is 12.3. The molecule has 1 fully saturated rings. The fraction of sp³-hybridized carbons (Fsp3) is 0.412. The second-order valence-corrected chi connectivity index (χ2v) is 6.22. The van der Waals surface area contributed by atoms with Gasteiger partial charge in [-0.05, 0) is 18.2 Å². The molecule has 2 rings (SSSR count). The number of benzene rings is 1. The Bertz CT molecular complexity index is 754. The Kier molecular flexibility index (Phi) is 7.00. The van der Waals surface area contributed by atoms with Gasteiger partial charge < -0.3 is 25.0 Å². The summed E-state index contributed by atoms with van der Waals surface area (Å²) in [5.74, 6) is -2.18. The number of nitrogens with zero attached hydrogens (tertiary/aromatic N) is 1. The van der Waals surface area contributed by atoms with Crippen molar-refractivity contribution in [3.63, 3.8) is 0 Å². The van der Waals surface area contributed by atoms with Gasteiger partial charge in [0.15, 0.2) is 6.61 Å². The summed E-state index contributed by atoms with van der Waals surface area (Å²) in [4.78, 5) is 48.5. The van der Waals surface area contributed by atoms with Crippen LogP contribution in [0.2, 0.25) is 5.02 Å². The lowest BCUT2D eigenvalue weighted by Gasteiger charge is -2.19. The number of likely N-dealkylation sites (N-methyl/N-ethyl adjacent to an activating group) is 1. The van der Waals surface area contributed by atoms with Crippen LogP contribution in [-0.2, 0) is 23.9 Å². The summed E-state index contributed by atoms with van der Waals surface area (Å²) in [7, 11) is 2.91. The molecule has 0 bridgehead atoms. The third-order valence-electron chi connectivity index (χ3n) is 3.96. The minimum atomic E-state index is -0.715. The number of carbonyl (C=O) groups excluding carboxylic acids is 4. The van der Waals surface area contributed by atoms with Gasteiger partial charge in [-0.3, -0.25) is 19.2 Å². The number of hydrogen-bond acceptors (Lipinski definition) is 6. The van der Waals surface area contributed by atoms with E-state index in [9.17, 15) is 19.2 Å². The number of nitrogens with one attached hydrogen (secondary N) is 2. The molecule has 0 unspecified atom stereocenters. The Hall–Kier alpha value is -2.81. The molecule has 0 spiro atoms. The molecular formula is C17H20ClN3O6. The quantitative estimate of drug-likeness (QED) is 0.631. The number of esters is 1. The maximum Gasteiger partial charge on any atom is 0.311 e. The Labute approximate surface area is 160 Å². The van der Waals surface area contributed by atoms with E-state index in [4.69, 9.17) is 21.1 Å². The van der Waals surface area contributed by atoms with Gasteiger partial charge in [0.2, 0.25) is 11.8 Å². The van der Waals surface area contributed by atoms with E-state index in [0.717, 1.165) is 0 Å². The van der Waals surface area contributed by atoms with E-state index in [-0.39, 0.29) is 31.3 Å². The Balaban J connectivity index is 1.93. The molecule has 27 heavy (non-hydrogen) atoms. The molecule has 0 aromatic heterocycles. The first-order valence-corrected chi connectivity index (χ1v) is 8.51. The zero-order chi connectivity index (χ0) is 20.0. The lowest BCUT2D eigenvalue weighted by Crippen LogP contribution is -2.37. The van der Waals surface area contributed by atoms with E-state index in [0.29, 0.717) is 16.5 Å².